The van der Waals surface area contributed by atoms with Crippen LogP contribution in [0.25, 0.3) is 0 Å². The van der Waals surface area contributed by atoms with Crippen molar-refractivity contribution in [1.29, 1.82) is 0 Å². The number of aliphatic hydroxyl groups excluding tert-OH is 1. The van der Waals surface area contributed by atoms with E-state index < -0.39 is 0 Å². The highest BCUT2D eigenvalue weighted by Gasteiger charge is 2.26. The van der Waals surface area contributed by atoms with Crippen LogP contribution in [-0.2, 0) is 0 Å². The molecule has 0 bridgehead atoms. The van der Waals surface area contributed by atoms with Crippen molar-refractivity contribution in [2.24, 2.45) is 5.92 Å². The first-order valence-electron chi connectivity index (χ1n) is 6.68. The van der Waals surface area contributed by atoms with E-state index in [9.17, 15) is 9.50 Å². The average Bonchev–Trinajstić information content (AvgIpc) is 2.38. The topological polar surface area (TPSA) is 20.2 Å². The average molecular weight is 236 g/mol. The lowest BCUT2D eigenvalue weighted by atomic mass is 9.75. The van der Waals surface area contributed by atoms with Crippen LogP contribution < -0.4 is 0 Å². The lowest BCUT2D eigenvalue weighted by Crippen LogP contribution is -2.18. The molecule has 1 aromatic rings. The van der Waals surface area contributed by atoms with E-state index in [0.717, 1.165) is 5.56 Å². The molecule has 1 aromatic carbocycles. The molecule has 94 valence electrons. The maximum Gasteiger partial charge on any atom is 0.126 e. The molecule has 17 heavy (non-hydrogen) atoms. The Labute approximate surface area is 103 Å². The highest BCUT2D eigenvalue weighted by Crippen LogP contribution is 2.38. The van der Waals surface area contributed by atoms with Crippen molar-refractivity contribution in [3.8, 4) is 0 Å². The number of hydrogen-bond donors (Lipinski definition) is 1. The fraction of sp³-hybridized carbons (Fsp3) is 0.600. The maximum atomic E-state index is 13.8. The molecule has 1 fully saturated rings. The zero-order valence-corrected chi connectivity index (χ0v) is 10.2. The molecule has 1 unspecified atom stereocenters. The molecule has 0 aromatic heterocycles. The van der Waals surface area contributed by atoms with Crippen molar-refractivity contribution >= 4 is 0 Å². The zero-order chi connectivity index (χ0) is 12.1. The van der Waals surface area contributed by atoms with Crippen molar-refractivity contribution < 1.29 is 9.50 Å². The van der Waals surface area contributed by atoms with E-state index in [-0.39, 0.29) is 18.3 Å². The normalized spacial score (nSPS) is 19.2. The van der Waals surface area contributed by atoms with Crippen molar-refractivity contribution in [3.63, 3.8) is 0 Å². The fourth-order valence-corrected chi connectivity index (χ4v) is 3.10. The third kappa shape index (κ3) is 3.06. The van der Waals surface area contributed by atoms with Crippen LogP contribution in [0.4, 0.5) is 4.39 Å². The van der Waals surface area contributed by atoms with Gasteiger partial charge in [-0.2, -0.15) is 0 Å². The summed E-state index contributed by atoms with van der Waals surface area (Å²) >= 11 is 0. The molecule has 1 nitrogen and oxygen atoms in total. The standard InChI is InChI=1S/C15H21FO/c16-15-9-5-4-8-14(15)13(10-11-17)12-6-2-1-3-7-12/h4-5,8-9,12-13,17H,1-3,6-7,10-11H2. The molecule has 0 aliphatic heterocycles. The molecule has 0 spiro atoms. The summed E-state index contributed by atoms with van der Waals surface area (Å²) in [5.74, 6) is 0.630. The summed E-state index contributed by atoms with van der Waals surface area (Å²) in [7, 11) is 0. The SMILES string of the molecule is OCCC(c1ccccc1F)C1CCCCC1. The number of halogens is 1. The second-order valence-electron chi connectivity index (χ2n) is 5.04. The first-order valence-corrected chi connectivity index (χ1v) is 6.68. The summed E-state index contributed by atoms with van der Waals surface area (Å²) in [6.07, 6.45) is 6.85. The van der Waals surface area contributed by atoms with Gasteiger partial charge in [0, 0.05) is 6.61 Å². The Balaban J connectivity index is 2.18. The highest BCUT2D eigenvalue weighted by molar-refractivity contribution is 5.22. The molecule has 1 atom stereocenters. The van der Waals surface area contributed by atoms with Crippen LogP contribution in [0.15, 0.2) is 24.3 Å². The van der Waals surface area contributed by atoms with Crippen molar-refractivity contribution in [2.75, 3.05) is 6.61 Å². The monoisotopic (exact) mass is 236 g/mol. The van der Waals surface area contributed by atoms with E-state index in [0.29, 0.717) is 12.3 Å². The summed E-state index contributed by atoms with van der Waals surface area (Å²) in [4.78, 5) is 0. The first kappa shape index (κ1) is 12.6. The minimum absolute atomic E-state index is 0.114. The molecule has 0 radical (unpaired) electrons. The minimum atomic E-state index is -0.114. The second-order valence-corrected chi connectivity index (χ2v) is 5.04. The Morgan fingerprint density at radius 2 is 1.88 bits per heavy atom. The third-order valence-corrected chi connectivity index (χ3v) is 3.96. The molecule has 1 aliphatic rings. The number of aliphatic hydroxyl groups is 1. The third-order valence-electron chi connectivity index (χ3n) is 3.96. The molecule has 0 amide bonds. The molecule has 2 rings (SSSR count). The minimum Gasteiger partial charge on any atom is -0.396 e. The Morgan fingerprint density at radius 1 is 1.18 bits per heavy atom. The lowest BCUT2D eigenvalue weighted by molar-refractivity contribution is 0.226. The zero-order valence-electron chi connectivity index (χ0n) is 10.2. The van der Waals surface area contributed by atoms with Gasteiger partial charge in [-0.3, -0.25) is 0 Å². The fourth-order valence-electron chi connectivity index (χ4n) is 3.10. The van der Waals surface area contributed by atoms with E-state index in [1.807, 2.05) is 12.1 Å². The van der Waals surface area contributed by atoms with Gasteiger partial charge in [0.15, 0.2) is 0 Å². The summed E-state index contributed by atoms with van der Waals surface area (Å²) < 4.78 is 13.8. The van der Waals surface area contributed by atoms with Gasteiger partial charge in [-0.25, -0.2) is 4.39 Å². The van der Waals surface area contributed by atoms with Crippen molar-refractivity contribution in [2.45, 2.75) is 44.4 Å². The Hall–Kier alpha value is -0.890. The Kier molecular flexibility index (Phi) is 4.55. The van der Waals surface area contributed by atoms with Gasteiger partial charge in [-0.15, -0.1) is 0 Å². The van der Waals surface area contributed by atoms with E-state index in [4.69, 9.17) is 0 Å². The number of hydrogen-bond acceptors (Lipinski definition) is 1. The predicted octanol–water partition coefficient (Wildman–Crippen LogP) is 3.87. The Morgan fingerprint density at radius 3 is 2.53 bits per heavy atom. The first-order chi connectivity index (χ1) is 8.33. The number of benzene rings is 1. The largest absolute Gasteiger partial charge is 0.396 e. The van der Waals surface area contributed by atoms with Gasteiger partial charge in [-0.1, -0.05) is 37.5 Å². The molecule has 1 N–H and O–H groups in total. The summed E-state index contributed by atoms with van der Waals surface area (Å²) in [6.45, 7) is 0.148. The van der Waals surface area contributed by atoms with Crippen LogP contribution >= 0.6 is 0 Å². The molecular weight excluding hydrogens is 215 g/mol. The molecule has 1 saturated carbocycles. The molecular formula is C15H21FO. The smallest absolute Gasteiger partial charge is 0.126 e. The van der Waals surface area contributed by atoms with E-state index in [2.05, 4.69) is 0 Å². The Bertz CT molecular complexity index is 345. The summed E-state index contributed by atoms with van der Waals surface area (Å²) in [6, 6.07) is 7.04. The molecule has 1 aliphatic carbocycles. The van der Waals surface area contributed by atoms with Gasteiger partial charge in [0.25, 0.3) is 0 Å². The van der Waals surface area contributed by atoms with Gasteiger partial charge in [0.1, 0.15) is 5.82 Å². The van der Waals surface area contributed by atoms with Gasteiger partial charge in [0.2, 0.25) is 0 Å². The van der Waals surface area contributed by atoms with E-state index in [1.54, 1.807) is 6.07 Å². The van der Waals surface area contributed by atoms with E-state index >= 15 is 0 Å². The molecule has 0 heterocycles. The van der Waals surface area contributed by atoms with Crippen LogP contribution in [-0.4, -0.2) is 11.7 Å². The van der Waals surface area contributed by atoms with Crippen LogP contribution in [0.3, 0.4) is 0 Å². The predicted molar refractivity (Wildman–Crippen MR) is 67.4 cm³/mol. The molecule has 0 saturated heterocycles. The lowest BCUT2D eigenvalue weighted by Gasteiger charge is -2.30. The van der Waals surface area contributed by atoms with Gasteiger partial charge < -0.3 is 5.11 Å². The van der Waals surface area contributed by atoms with Crippen molar-refractivity contribution in [1.82, 2.24) is 0 Å². The van der Waals surface area contributed by atoms with Gasteiger partial charge in [-0.05, 0) is 42.7 Å². The van der Waals surface area contributed by atoms with Crippen molar-refractivity contribution in [3.05, 3.63) is 35.6 Å². The quantitative estimate of drug-likeness (QED) is 0.841. The van der Waals surface area contributed by atoms with Gasteiger partial charge >= 0.3 is 0 Å². The summed E-state index contributed by atoms with van der Waals surface area (Å²) in [5, 5.41) is 9.20. The van der Waals surface area contributed by atoms with Crippen LogP contribution in [0.5, 0.6) is 0 Å². The second kappa shape index (κ2) is 6.15. The molecule has 2 heteroatoms. The highest BCUT2D eigenvalue weighted by atomic mass is 19.1. The number of rotatable bonds is 4. The van der Waals surface area contributed by atoms with E-state index in [1.165, 1.54) is 38.2 Å². The van der Waals surface area contributed by atoms with Crippen LogP contribution in [0.1, 0.15) is 50.0 Å². The maximum absolute atomic E-state index is 13.8. The van der Waals surface area contributed by atoms with Crippen LogP contribution in [0.2, 0.25) is 0 Å². The van der Waals surface area contributed by atoms with Crippen LogP contribution in [0, 0.1) is 11.7 Å². The van der Waals surface area contributed by atoms with Gasteiger partial charge in [0.05, 0.1) is 0 Å². The summed E-state index contributed by atoms with van der Waals surface area (Å²) in [5.41, 5.74) is 0.799.